The van der Waals surface area contributed by atoms with Gasteiger partial charge in [0.2, 0.25) is 5.91 Å². The minimum absolute atomic E-state index is 0.00560. The maximum absolute atomic E-state index is 11.2. The van der Waals surface area contributed by atoms with Gasteiger partial charge in [-0.15, -0.1) is 11.8 Å². The monoisotopic (exact) mass is 201 g/mol. The van der Waals surface area contributed by atoms with Crippen molar-refractivity contribution in [3.05, 3.63) is 0 Å². The molecule has 3 unspecified atom stereocenters. The van der Waals surface area contributed by atoms with Crippen LogP contribution >= 0.6 is 11.8 Å². The fraction of sp³-hybridized carbons (Fsp3) is 0.750. The molecule has 0 radical (unpaired) electrons. The first-order valence-electron chi connectivity index (χ1n) is 4.18. The Kier molecular flexibility index (Phi) is 1.64. The number of rotatable bonds is 1. The predicted octanol–water partition coefficient (Wildman–Crippen LogP) is 0.523. The Balaban J connectivity index is 2.30. The maximum Gasteiger partial charge on any atom is 0.327 e. The van der Waals surface area contributed by atoms with E-state index in [0.29, 0.717) is 6.42 Å². The van der Waals surface area contributed by atoms with Gasteiger partial charge in [0, 0.05) is 5.25 Å². The lowest BCUT2D eigenvalue weighted by Crippen LogP contribution is -2.61. The third-order valence-corrected chi connectivity index (χ3v) is 4.15. The molecule has 0 aromatic rings. The van der Waals surface area contributed by atoms with Crippen LogP contribution in [0.25, 0.3) is 0 Å². The molecule has 4 nitrogen and oxygen atoms in total. The van der Waals surface area contributed by atoms with Crippen molar-refractivity contribution >= 4 is 23.6 Å². The van der Waals surface area contributed by atoms with E-state index in [2.05, 4.69) is 0 Å². The van der Waals surface area contributed by atoms with E-state index in [0.717, 1.165) is 0 Å². The van der Waals surface area contributed by atoms with E-state index in [-0.39, 0.29) is 16.0 Å². The average Bonchev–Trinajstić information content (AvgIpc) is 2.17. The number of carboxylic acid groups (broad SMARTS) is 1. The zero-order chi connectivity index (χ0) is 9.80. The summed E-state index contributed by atoms with van der Waals surface area (Å²) in [6.45, 7) is 3.79. The highest BCUT2D eigenvalue weighted by molar-refractivity contribution is 8.01. The van der Waals surface area contributed by atoms with Crippen molar-refractivity contribution in [2.45, 2.75) is 36.4 Å². The molecular formula is C8H11NO3S. The maximum atomic E-state index is 11.2. The number of fused-ring (bicyclic) bond motifs is 1. The van der Waals surface area contributed by atoms with E-state index in [1.165, 1.54) is 4.90 Å². The van der Waals surface area contributed by atoms with E-state index in [1.54, 1.807) is 11.8 Å². The van der Waals surface area contributed by atoms with Crippen molar-refractivity contribution in [1.29, 1.82) is 0 Å². The lowest BCUT2D eigenvalue weighted by Gasteiger charge is -2.45. The standard InChI is InChI=1S/C8H11NO3S/c1-4-6(7(11)12)9-5(10)3-8(9,2)13-4/h4,6H,3H2,1-2H3,(H,11,12). The van der Waals surface area contributed by atoms with Crippen molar-refractivity contribution in [2.24, 2.45) is 0 Å². The van der Waals surface area contributed by atoms with Gasteiger partial charge in [0.05, 0.1) is 11.3 Å². The van der Waals surface area contributed by atoms with Crippen molar-refractivity contribution < 1.29 is 14.7 Å². The lowest BCUT2D eigenvalue weighted by atomic mass is 9.99. The van der Waals surface area contributed by atoms with Gasteiger partial charge in [0.1, 0.15) is 6.04 Å². The normalized spacial score (nSPS) is 42.9. The van der Waals surface area contributed by atoms with Crippen molar-refractivity contribution in [3.8, 4) is 0 Å². The smallest absolute Gasteiger partial charge is 0.327 e. The van der Waals surface area contributed by atoms with E-state index in [4.69, 9.17) is 5.11 Å². The SMILES string of the molecule is CC1SC2(C)CC(=O)N2C1C(=O)O. The average molecular weight is 201 g/mol. The number of carbonyl (C=O) groups excluding carboxylic acids is 1. The van der Waals surface area contributed by atoms with Gasteiger partial charge >= 0.3 is 5.97 Å². The van der Waals surface area contributed by atoms with Crippen LogP contribution in [0.5, 0.6) is 0 Å². The van der Waals surface area contributed by atoms with Crippen LogP contribution in [0.15, 0.2) is 0 Å². The summed E-state index contributed by atoms with van der Waals surface area (Å²) in [6.07, 6.45) is 0.478. The van der Waals surface area contributed by atoms with Gasteiger partial charge in [0.25, 0.3) is 0 Å². The van der Waals surface area contributed by atoms with E-state index in [9.17, 15) is 9.59 Å². The summed E-state index contributed by atoms with van der Waals surface area (Å²) in [5.74, 6) is -0.927. The number of hydrogen-bond donors (Lipinski definition) is 1. The van der Waals surface area contributed by atoms with Crippen molar-refractivity contribution in [1.82, 2.24) is 4.90 Å². The molecule has 2 aliphatic heterocycles. The second-order valence-electron chi connectivity index (χ2n) is 3.72. The van der Waals surface area contributed by atoms with Crippen LogP contribution in [0.3, 0.4) is 0 Å². The van der Waals surface area contributed by atoms with Gasteiger partial charge in [-0.1, -0.05) is 6.92 Å². The highest BCUT2D eigenvalue weighted by Crippen LogP contribution is 2.52. The van der Waals surface area contributed by atoms with Crippen LogP contribution in [0, 0.1) is 0 Å². The first kappa shape index (κ1) is 8.87. The molecule has 1 amide bonds. The molecule has 2 saturated heterocycles. The molecule has 2 heterocycles. The van der Waals surface area contributed by atoms with Crippen molar-refractivity contribution in [3.63, 3.8) is 0 Å². The Morgan fingerprint density at radius 1 is 1.77 bits per heavy atom. The van der Waals surface area contributed by atoms with Gasteiger partial charge in [-0.25, -0.2) is 4.79 Å². The molecule has 2 aliphatic rings. The predicted molar refractivity (Wildman–Crippen MR) is 48.3 cm³/mol. The number of aliphatic carboxylic acids is 1. The van der Waals surface area contributed by atoms with Gasteiger partial charge in [-0.2, -0.15) is 0 Å². The molecule has 72 valence electrons. The summed E-state index contributed by atoms with van der Waals surface area (Å²) in [7, 11) is 0. The van der Waals surface area contributed by atoms with Crippen LogP contribution in [0.2, 0.25) is 0 Å². The molecule has 2 rings (SSSR count). The number of β-lactam (4-membered cyclic amide) rings is 1. The number of nitrogens with zero attached hydrogens (tertiary/aromatic N) is 1. The molecule has 2 fully saturated rings. The molecule has 0 bridgehead atoms. The summed E-state index contributed by atoms with van der Waals surface area (Å²) < 4.78 is 0. The van der Waals surface area contributed by atoms with Crippen LogP contribution in [-0.4, -0.2) is 38.0 Å². The Morgan fingerprint density at radius 3 is 2.77 bits per heavy atom. The fourth-order valence-electron chi connectivity index (χ4n) is 2.16. The fourth-order valence-corrected chi connectivity index (χ4v) is 3.86. The summed E-state index contributed by atoms with van der Waals surface area (Å²) in [4.78, 5) is 23.4. The second-order valence-corrected chi connectivity index (χ2v) is 5.58. The molecule has 3 atom stereocenters. The van der Waals surface area contributed by atoms with Crippen LogP contribution in [-0.2, 0) is 9.59 Å². The first-order valence-corrected chi connectivity index (χ1v) is 5.06. The minimum atomic E-state index is -0.892. The molecule has 5 heteroatoms. The van der Waals surface area contributed by atoms with E-state index >= 15 is 0 Å². The van der Waals surface area contributed by atoms with Crippen LogP contribution < -0.4 is 0 Å². The number of amides is 1. The number of carboxylic acids is 1. The molecule has 0 aromatic heterocycles. The molecule has 13 heavy (non-hydrogen) atoms. The van der Waals surface area contributed by atoms with Gasteiger partial charge in [-0.3, -0.25) is 4.79 Å². The van der Waals surface area contributed by atoms with E-state index < -0.39 is 12.0 Å². The highest BCUT2D eigenvalue weighted by Gasteiger charge is 2.60. The molecular weight excluding hydrogens is 190 g/mol. The number of thioether (sulfide) groups is 1. The zero-order valence-electron chi connectivity index (χ0n) is 7.48. The van der Waals surface area contributed by atoms with Gasteiger partial charge < -0.3 is 10.0 Å². The quantitative estimate of drug-likeness (QED) is 0.628. The zero-order valence-corrected chi connectivity index (χ0v) is 8.30. The van der Waals surface area contributed by atoms with Crippen LogP contribution in [0.4, 0.5) is 0 Å². The summed E-state index contributed by atoms with van der Waals surface area (Å²) in [5, 5.41) is 8.93. The molecule has 0 aliphatic carbocycles. The third kappa shape index (κ3) is 0.995. The molecule has 0 saturated carbocycles. The largest absolute Gasteiger partial charge is 0.480 e. The Bertz CT molecular complexity index is 285. The number of carbonyl (C=O) groups is 2. The summed E-state index contributed by atoms with van der Waals surface area (Å²) in [5.41, 5.74) is 0. The lowest BCUT2D eigenvalue weighted by molar-refractivity contribution is -0.161. The van der Waals surface area contributed by atoms with Crippen molar-refractivity contribution in [2.75, 3.05) is 0 Å². The Labute approximate surface area is 80.3 Å². The Hall–Kier alpha value is -0.710. The van der Waals surface area contributed by atoms with Gasteiger partial charge in [-0.05, 0) is 6.92 Å². The molecule has 0 aromatic carbocycles. The topological polar surface area (TPSA) is 57.6 Å². The number of hydrogen-bond acceptors (Lipinski definition) is 3. The summed E-state index contributed by atoms with van der Waals surface area (Å²) in [6, 6.07) is -0.628. The minimum Gasteiger partial charge on any atom is -0.480 e. The van der Waals surface area contributed by atoms with Gasteiger partial charge in [0.15, 0.2) is 0 Å². The highest BCUT2D eigenvalue weighted by atomic mass is 32.2. The molecule has 0 spiro atoms. The first-order chi connectivity index (χ1) is 5.96. The molecule has 1 N–H and O–H groups in total. The van der Waals surface area contributed by atoms with Crippen LogP contribution in [0.1, 0.15) is 20.3 Å². The second kappa shape index (κ2) is 2.41. The van der Waals surface area contributed by atoms with E-state index in [1.807, 2.05) is 13.8 Å². The third-order valence-electron chi connectivity index (χ3n) is 2.67. The Morgan fingerprint density at radius 2 is 2.38 bits per heavy atom. The summed E-state index contributed by atoms with van der Waals surface area (Å²) >= 11 is 1.58.